The number of unbranched alkanes of at least 4 members (excludes halogenated alkanes) is 1. The monoisotopic (exact) mass is 442 g/mol. The lowest BCUT2D eigenvalue weighted by atomic mass is 10.0. The molecule has 156 valence electrons. The van der Waals surface area contributed by atoms with Crippen molar-refractivity contribution >= 4 is 39.9 Å². The van der Waals surface area contributed by atoms with Crippen LogP contribution in [0.5, 0.6) is 0 Å². The number of nitrogens with zero attached hydrogens (tertiary/aromatic N) is 2. The van der Waals surface area contributed by atoms with Crippen LogP contribution in [0.25, 0.3) is 10.6 Å². The van der Waals surface area contributed by atoms with Crippen LogP contribution in [0.2, 0.25) is 5.02 Å². The molecule has 1 heterocycles. The molecule has 1 atom stereocenters. The van der Waals surface area contributed by atoms with Crippen molar-refractivity contribution in [3.63, 3.8) is 0 Å². The molecule has 0 aliphatic carbocycles. The van der Waals surface area contributed by atoms with Gasteiger partial charge < -0.3 is 5.32 Å². The molecule has 3 rings (SSSR count). The van der Waals surface area contributed by atoms with Crippen LogP contribution in [-0.2, 0) is 16.0 Å². The van der Waals surface area contributed by atoms with Gasteiger partial charge in [0.15, 0.2) is 0 Å². The first-order valence-corrected chi connectivity index (χ1v) is 11.0. The maximum absolute atomic E-state index is 12.9. The van der Waals surface area contributed by atoms with Crippen molar-refractivity contribution in [2.45, 2.75) is 38.6 Å². The summed E-state index contributed by atoms with van der Waals surface area (Å²) in [7, 11) is 0. The Bertz CT molecular complexity index is 994. The molecule has 1 unspecified atom stereocenters. The normalized spacial score (nSPS) is 11.7. The van der Waals surface area contributed by atoms with Crippen LogP contribution < -0.4 is 10.6 Å². The van der Waals surface area contributed by atoms with E-state index >= 15 is 0 Å². The average Bonchev–Trinajstić information content (AvgIpc) is 3.21. The van der Waals surface area contributed by atoms with E-state index in [1.165, 1.54) is 11.3 Å². The van der Waals surface area contributed by atoms with Crippen molar-refractivity contribution in [1.82, 2.24) is 15.5 Å². The quantitative estimate of drug-likeness (QED) is 0.502. The number of hydrogen-bond acceptors (Lipinski definition) is 5. The van der Waals surface area contributed by atoms with Crippen LogP contribution in [0.15, 0.2) is 54.6 Å². The summed E-state index contributed by atoms with van der Waals surface area (Å²) in [6, 6.07) is 16.2. The molecule has 2 aromatic carbocycles. The van der Waals surface area contributed by atoms with E-state index in [1.807, 2.05) is 49.4 Å². The van der Waals surface area contributed by atoms with Gasteiger partial charge in [-0.3, -0.25) is 14.9 Å². The topological polar surface area (TPSA) is 84.0 Å². The Hall–Kier alpha value is -2.77. The lowest BCUT2D eigenvalue weighted by Gasteiger charge is -2.18. The number of carbonyl (C=O) groups excluding carboxylic acids is 2. The third-order valence-electron chi connectivity index (χ3n) is 4.42. The van der Waals surface area contributed by atoms with Crippen LogP contribution >= 0.6 is 22.9 Å². The van der Waals surface area contributed by atoms with E-state index < -0.39 is 6.04 Å². The second-order valence-electron chi connectivity index (χ2n) is 6.83. The van der Waals surface area contributed by atoms with Crippen molar-refractivity contribution in [3.8, 4) is 10.6 Å². The first kappa shape index (κ1) is 21.9. The first-order chi connectivity index (χ1) is 14.5. The Morgan fingerprint density at radius 3 is 2.63 bits per heavy atom. The lowest BCUT2D eigenvalue weighted by molar-refractivity contribution is -0.126. The summed E-state index contributed by atoms with van der Waals surface area (Å²) in [6.07, 6.45) is 2.49. The maximum Gasteiger partial charge on any atom is 0.249 e. The number of carbonyl (C=O) groups is 2. The second-order valence-corrected chi connectivity index (χ2v) is 8.24. The molecule has 3 aromatic rings. The van der Waals surface area contributed by atoms with Crippen LogP contribution in [0.4, 0.5) is 5.13 Å². The molecule has 0 saturated carbocycles. The smallest absolute Gasteiger partial charge is 0.249 e. The summed E-state index contributed by atoms with van der Waals surface area (Å²) in [5.41, 5.74) is 1.79. The third kappa shape index (κ3) is 6.37. The van der Waals surface area contributed by atoms with Crippen molar-refractivity contribution < 1.29 is 9.59 Å². The van der Waals surface area contributed by atoms with Gasteiger partial charge in [-0.1, -0.05) is 78.7 Å². The van der Waals surface area contributed by atoms with E-state index in [0.717, 1.165) is 24.0 Å². The highest BCUT2D eigenvalue weighted by molar-refractivity contribution is 7.18. The predicted molar refractivity (Wildman–Crippen MR) is 121 cm³/mol. The van der Waals surface area contributed by atoms with E-state index in [0.29, 0.717) is 28.0 Å². The Balaban J connectivity index is 1.71. The molecule has 0 aliphatic heterocycles. The molecule has 0 saturated heterocycles. The number of rotatable bonds is 9. The second kappa shape index (κ2) is 10.8. The van der Waals surface area contributed by atoms with E-state index in [1.54, 1.807) is 12.1 Å². The fourth-order valence-corrected chi connectivity index (χ4v) is 3.80. The van der Waals surface area contributed by atoms with E-state index in [2.05, 4.69) is 20.8 Å². The molecule has 6 nitrogen and oxygen atoms in total. The summed E-state index contributed by atoms with van der Waals surface area (Å²) in [6.45, 7) is 2.02. The van der Waals surface area contributed by atoms with Crippen molar-refractivity contribution in [3.05, 3.63) is 65.2 Å². The van der Waals surface area contributed by atoms with Crippen LogP contribution in [0.1, 0.15) is 31.7 Å². The number of hydrogen-bond donors (Lipinski definition) is 2. The van der Waals surface area contributed by atoms with Gasteiger partial charge in [0.1, 0.15) is 11.0 Å². The minimum absolute atomic E-state index is 0.134. The largest absolute Gasteiger partial charge is 0.344 e. The first-order valence-electron chi connectivity index (χ1n) is 9.78. The molecular formula is C22H23ClN4O2S. The number of anilines is 1. The molecule has 30 heavy (non-hydrogen) atoms. The molecule has 2 N–H and O–H groups in total. The van der Waals surface area contributed by atoms with Gasteiger partial charge in [0.2, 0.25) is 16.9 Å². The van der Waals surface area contributed by atoms with E-state index in [4.69, 9.17) is 11.6 Å². The summed E-state index contributed by atoms with van der Waals surface area (Å²) in [5.74, 6) is -0.456. The minimum atomic E-state index is -0.699. The number of aromatic nitrogens is 2. The van der Waals surface area contributed by atoms with Crippen molar-refractivity contribution in [1.29, 1.82) is 0 Å². The Morgan fingerprint density at radius 1 is 1.10 bits per heavy atom. The highest BCUT2D eigenvalue weighted by atomic mass is 35.5. The number of amides is 2. The zero-order chi connectivity index (χ0) is 21.3. The highest BCUT2D eigenvalue weighted by Crippen LogP contribution is 2.28. The van der Waals surface area contributed by atoms with Gasteiger partial charge in [0.05, 0.1) is 0 Å². The summed E-state index contributed by atoms with van der Waals surface area (Å²) < 4.78 is 0. The summed E-state index contributed by atoms with van der Waals surface area (Å²) >= 11 is 7.29. The minimum Gasteiger partial charge on any atom is -0.344 e. The Labute approximate surface area is 184 Å². The van der Waals surface area contributed by atoms with Gasteiger partial charge in [-0.15, -0.1) is 10.2 Å². The summed E-state index contributed by atoms with van der Waals surface area (Å²) in [4.78, 5) is 25.2. The van der Waals surface area contributed by atoms with Gasteiger partial charge in [0, 0.05) is 23.4 Å². The van der Waals surface area contributed by atoms with E-state index in [-0.39, 0.29) is 11.8 Å². The number of nitrogens with one attached hydrogen (secondary N) is 2. The zero-order valence-corrected chi connectivity index (χ0v) is 18.2. The summed E-state index contributed by atoms with van der Waals surface area (Å²) in [5, 5.41) is 15.5. The highest BCUT2D eigenvalue weighted by Gasteiger charge is 2.22. The van der Waals surface area contributed by atoms with Gasteiger partial charge in [-0.05, 0) is 24.1 Å². The molecule has 0 fully saturated rings. The average molecular weight is 443 g/mol. The third-order valence-corrected chi connectivity index (χ3v) is 5.54. The van der Waals surface area contributed by atoms with Gasteiger partial charge in [-0.25, -0.2) is 0 Å². The molecule has 8 heteroatoms. The molecule has 0 bridgehead atoms. The van der Waals surface area contributed by atoms with Crippen molar-refractivity contribution in [2.24, 2.45) is 0 Å². The molecule has 0 spiro atoms. The van der Waals surface area contributed by atoms with Gasteiger partial charge >= 0.3 is 0 Å². The number of halogens is 1. The molecule has 0 aliphatic rings. The van der Waals surface area contributed by atoms with Crippen molar-refractivity contribution in [2.75, 3.05) is 5.32 Å². The van der Waals surface area contributed by atoms with Crippen LogP contribution in [0, 0.1) is 0 Å². The van der Waals surface area contributed by atoms with Gasteiger partial charge in [0.25, 0.3) is 0 Å². The SMILES string of the molecule is CCCCC(=O)NC(Cc1ccccc1)C(=O)Nc1nnc(-c2cccc(Cl)c2)s1. The predicted octanol–water partition coefficient (Wildman–Crippen LogP) is 4.71. The zero-order valence-electron chi connectivity index (χ0n) is 16.6. The molecular weight excluding hydrogens is 420 g/mol. The molecule has 1 aromatic heterocycles. The molecule has 2 amide bonds. The van der Waals surface area contributed by atoms with Gasteiger partial charge in [-0.2, -0.15) is 0 Å². The van der Waals surface area contributed by atoms with E-state index in [9.17, 15) is 9.59 Å². The standard InChI is InChI=1S/C22H23ClN4O2S/c1-2-3-12-19(28)24-18(13-15-8-5-4-6-9-15)20(29)25-22-27-26-21(30-22)16-10-7-11-17(23)14-16/h4-11,14,18H,2-3,12-13H2,1H3,(H,24,28)(H,25,27,29). The van der Waals surface area contributed by atoms with Crippen LogP contribution in [-0.4, -0.2) is 28.1 Å². The fourth-order valence-electron chi connectivity index (χ4n) is 2.87. The lowest BCUT2D eigenvalue weighted by Crippen LogP contribution is -2.45. The van der Waals surface area contributed by atoms with Crippen LogP contribution in [0.3, 0.4) is 0 Å². The maximum atomic E-state index is 12.9. The number of benzene rings is 2. The Morgan fingerprint density at radius 2 is 1.90 bits per heavy atom. The Kier molecular flexibility index (Phi) is 7.93. The molecule has 0 radical (unpaired) electrons. The fraction of sp³-hybridized carbons (Fsp3) is 0.273.